The maximum absolute atomic E-state index is 11.7. The Morgan fingerprint density at radius 3 is 2.74 bits per heavy atom. The van der Waals surface area contributed by atoms with Gasteiger partial charge in [0.25, 0.3) is 5.91 Å². The summed E-state index contributed by atoms with van der Waals surface area (Å²) in [6.45, 7) is 3.03. The first-order chi connectivity index (χ1) is 13.1. The van der Waals surface area contributed by atoms with E-state index in [0.29, 0.717) is 21.9 Å². The molecule has 6 nitrogen and oxygen atoms in total. The van der Waals surface area contributed by atoms with Gasteiger partial charge in [0.2, 0.25) is 0 Å². The number of likely N-dealkylation sites (tertiary alicyclic amines) is 1. The van der Waals surface area contributed by atoms with Crippen LogP contribution in [0.3, 0.4) is 0 Å². The molecule has 1 amide bonds. The number of anilines is 1. The molecule has 0 spiro atoms. The standard InChI is InChI=1S/C20H20ClN5O/c21-14-5-1-4-13(10-14)17(11-26-8-3-9-26)25-20-16-7-2-6-15(19(22)27)18(16)23-12-24-20/h1-2,4-7,10,12,17H,3,8-9,11H2,(H2,22,27)(H,23,24,25)/t17-/m1/s1. The van der Waals surface area contributed by atoms with Gasteiger partial charge in [0.05, 0.1) is 17.1 Å². The van der Waals surface area contributed by atoms with Crippen LogP contribution in [-0.2, 0) is 0 Å². The van der Waals surface area contributed by atoms with Gasteiger partial charge in [-0.2, -0.15) is 0 Å². The molecule has 27 heavy (non-hydrogen) atoms. The lowest BCUT2D eigenvalue weighted by Gasteiger charge is -2.35. The molecular weight excluding hydrogens is 362 g/mol. The Morgan fingerprint density at radius 2 is 2.04 bits per heavy atom. The molecule has 1 aromatic heterocycles. The first-order valence-corrected chi connectivity index (χ1v) is 9.27. The monoisotopic (exact) mass is 381 g/mol. The first-order valence-electron chi connectivity index (χ1n) is 8.90. The second-order valence-electron chi connectivity index (χ2n) is 6.69. The van der Waals surface area contributed by atoms with Crippen LogP contribution in [0.15, 0.2) is 48.8 Å². The van der Waals surface area contributed by atoms with E-state index in [1.54, 1.807) is 12.1 Å². The van der Waals surface area contributed by atoms with Gasteiger partial charge in [0.1, 0.15) is 12.1 Å². The Labute approximate surface area is 162 Å². The number of hydrogen-bond acceptors (Lipinski definition) is 5. The smallest absolute Gasteiger partial charge is 0.250 e. The van der Waals surface area contributed by atoms with Crippen LogP contribution in [0.4, 0.5) is 5.82 Å². The van der Waals surface area contributed by atoms with Crippen LogP contribution < -0.4 is 11.1 Å². The summed E-state index contributed by atoms with van der Waals surface area (Å²) in [5.74, 6) is 0.172. The predicted octanol–water partition coefficient (Wildman–Crippen LogP) is 3.24. The number of nitrogens with one attached hydrogen (secondary N) is 1. The molecule has 3 N–H and O–H groups in total. The molecule has 7 heteroatoms. The summed E-state index contributed by atoms with van der Waals surface area (Å²) in [4.78, 5) is 22.8. The fourth-order valence-electron chi connectivity index (χ4n) is 3.35. The number of nitrogens with zero attached hydrogens (tertiary/aromatic N) is 3. The Kier molecular flexibility index (Phi) is 4.92. The summed E-state index contributed by atoms with van der Waals surface area (Å²) >= 11 is 6.21. The molecule has 2 aromatic carbocycles. The maximum atomic E-state index is 11.7. The normalized spacial score (nSPS) is 15.3. The third kappa shape index (κ3) is 3.72. The molecule has 3 aromatic rings. The van der Waals surface area contributed by atoms with Gasteiger partial charge in [-0.05, 0) is 49.3 Å². The van der Waals surface area contributed by atoms with E-state index >= 15 is 0 Å². The number of hydrogen-bond donors (Lipinski definition) is 2. The molecule has 1 atom stereocenters. The van der Waals surface area contributed by atoms with Crippen LogP contribution in [0.1, 0.15) is 28.4 Å². The molecule has 0 aliphatic carbocycles. The molecule has 0 saturated carbocycles. The SMILES string of the molecule is NC(=O)c1cccc2c(N[C@H](CN3CCC3)c3cccc(Cl)c3)ncnc12. The van der Waals surface area contributed by atoms with E-state index in [2.05, 4.69) is 26.3 Å². The highest BCUT2D eigenvalue weighted by Crippen LogP contribution is 2.28. The van der Waals surface area contributed by atoms with Crippen LogP contribution in [0.5, 0.6) is 0 Å². The number of aromatic nitrogens is 2. The van der Waals surface area contributed by atoms with E-state index in [9.17, 15) is 4.79 Å². The van der Waals surface area contributed by atoms with Gasteiger partial charge >= 0.3 is 0 Å². The van der Waals surface area contributed by atoms with Crippen molar-refractivity contribution in [3.8, 4) is 0 Å². The number of benzene rings is 2. The van der Waals surface area contributed by atoms with Gasteiger partial charge in [-0.1, -0.05) is 29.8 Å². The third-order valence-electron chi connectivity index (χ3n) is 4.88. The van der Waals surface area contributed by atoms with Gasteiger partial charge in [-0.25, -0.2) is 9.97 Å². The Hall–Kier alpha value is -2.70. The Balaban J connectivity index is 1.72. The molecule has 0 unspecified atom stereocenters. The van der Waals surface area contributed by atoms with Gasteiger partial charge in [0, 0.05) is 17.0 Å². The molecule has 138 valence electrons. The number of nitrogens with two attached hydrogens (primary N) is 1. The summed E-state index contributed by atoms with van der Waals surface area (Å²) in [6, 6.07) is 13.2. The quantitative estimate of drug-likeness (QED) is 0.684. The zero-order chi connectivity index (χ0) is 18.8. The van der Waals surface area contributed by atoms with E-state index in [-0.39, 0.29) is 6.04 Å². The Bertz CT molecular complexity index is 989. The number of carbonyl (C=O) groups is 1. The van der Waals surface area contributed by atoms with Crippen LogP contribution in [0, 0.1) is 0 Å². The van der Waals surface area contributed by atoms with Crippen LogP contribution in [0.2, 0.25) is 5.02 Å². The molecular formula is C20H20ClN5O. The van der Waals surface area contributed by atoms with Crippen molar-refractivity contribution in [3.63, 3.8) is 0 Å². The minimum Gasteiger partial charge on any atom is -0.366 e. The van der Waals surface area contributed by atoms with Gasteiger partial charge in [-0.15, -0.1) is 0 Å². The minimum absolute atomic E-state index is 0.0133. The molecule has 2 heterocycles. The van der Waals surface area contributed by atoms with E-state index in [0.717, 1.165) is 30.6 Å². The van der Waals surface area contributed by atoms with Crippen molar-refractivity contribution >= 4 is 34.2 Å². The topological polar surface area (TPSA) is 84.1 Å². The number of carbonyl (C=O) groups excluding carboxylic acids is 1. The lowest BCUT2D eigenvalue weighted by Crippen LogP contribution is -2.41. The highest BCUT2D eigenvalue weighted by molar-refractivity contribution is 6.30. The highest BCUT2D eigenvalue weighted by Gasteiger charge is 2.22. The molecule has 1 saturated heterocycles. The molecule has 0 radical (unpaired) electrons. The second-order valence-corrected chi connectivity index (χ2v) is 7.13. The number of primary amides is 1. The van der Waals surface area contributed by atoms with Gasteiger partial charge < -0.3 is 16.0 Å². The fraction of sp³-hybridized carbons (Fsp3) is 0.250. The van der Waals surface area contributed by atoms with Crippen molar-refractivity contribution in [1.29, 1.82) is 0 Å². The Morgan fingerprint density at radius 1 is 1.22 bits per heavy atom. The lowest BCUT2D eigenvalue weighted by molar-refractivity contribution is 0.100. The minimum atomic E-state index is -0.503. The summed E-state index contributed by atoms with van der Waals surface area (Å²) < 4.78 is 0. The number of rotatable bonds is 6. The summed E-state index contributed by atoms with van der Waals surface area (Å²) in [5, 5.41) is 5.00. The van der Waals surface area contributed by atoms with Crippen LogP contribution >= 0.6 is 11.6 Å². The number of halogens is 1. The van der Waals surface area contributed by atoms with Crippen LogP contribution in [-0.4, -0.2) is 40.4 Å². The second kappa shape index (κ2) is 7.50. The van der Waals surface area contributed by atoms with Gasteiger partial charge in [0.15, 0.2) is 0 Å². The maximum Gasteiger partial charge on any atom is 0.250 e. The largest absolute Gasteiger partial charge is 0.366 e. The molecule has 0 bridgehead atoms. The highest BCUT2D eigenvalue weighted by atomic mass is 35.5. The van der Waals surface area contributed by atoms with Gasteiger partial charge in [-0.3, -0.25) is 4.79 Å². The molecule has 4 rings (SSSR count). The van der Waals surface area contributed by atoms with Crippen molar-refractivity contribution in [2.75, 3.05) is 25.0 Å². The number of fused-ring (bicyclic) bond motifs is 1. The fourth-order valence-corrected chi connectivity index (χ4v) is 3.55. The van der Waals surface area contributed by atoms with E-state index in [4.69, 9.17) is 17.3 Å². The number of para-hydroxylation sites is 1. The van der Waals surface area contributed by atoms with Crippen molar-refractivity contribution in [2.45, 2.75) is 12.5 Å². The van der Waals surface area contributed by atoms with Crippen molar-refractivity contribution in [1.82, 2.24) is 14.9 Å². The van der Waals surface area contributed by atoms with Crippen molar-refractivity contribution in [2.24, 2.45) is 5.73 Å². The number of amides is 1. The average Bonchev–Trinajstić information content (AvgIpc) is 2.63. The van der Waals surface area contributed by atoms with Crippen molar-refractivity contribution < 1.29 is 4.79 Å². The van der Waals surface area contributed by atoms with E-state index in [1.165, 1.54) is 12.7 Å². The summed E-state index contributed by atoms with van der Waals surface area (Å²) in [5.41, 5.74) is 7.52. The summed E-state index contributed by atoms with van der Waals surface area (Å²) in [7, 11) is 0. The molecule has 1 aliphatic heterocycles. The van der Waals surface area contributed by atoms with Crippen molar-refractivity contribution in [3.05, 3.63) is 64.9 Å². The predicted molar refractivity (Wildman–Crippen MR) is 107 cm³/mol. The zero-order valence-corrected chi connectivity index (χ0v) is 15.5. The lowest BCUT2D eigenvalue weighted by atomic mass is 10.0. The van der Waals surface area contributed by atoms with E-state index < -0.39 is 5.91 Å². The molecule has 1 fully saturated rings. The molecule has 1 aliphatic rings. The zero-order valence-electron chi connectivity index (χ0n) is 14.7. The van der Waals surface area contributed by atoms with Crippen LogP contribution in [0.25, 0.3) is 10.9 Å². The third-order valence-corrected chi connectivity index (χ3v) is 5.12. The first kappa shape index (κ1) is 17.7. The average molecular weight is 382 g/mol. The summed E-state index contributed by atoms with van der Waals surface area (Å²) in [6.07, 6.45) is 2.68. The van der Waals surface area contributed by atoms with E-state index in [1.807, 2.05) is 24.3 Å².